The Morgan fingerprint density at radius 3 is 2.53 bits per heavy atom. The minimum Gasteiger partial charge on any atom is -0.377 e. The van der Waals surface area contributed by atoms with Crippen LogP contribution in [0.1, 0.15) is 39.0 Å². The van der Waals surface area contributed by atoms with E-state index in [1.165, 1.54) is 0 Å². The van der Waals surface area contributed by atoms with Crippen LogP contribution < -0.4 is 4.72 Å². The second kappa shape index (κ2) is 5.65. The molecule has 2 fully saturated rings. The minimum atomic E-state index is -3.32. The maximum Gasteiger partial charge on any atom is 0.279 e. The summed E-state index contributed by atoms with van der Waals surface area (Å²) in [7, 11) is -3.32. The van der Waals surface area contributed by atoms with Crippen molar-refractivity contribution in [3.63, 3.8) is 0 Å². The van der Waals surface area contributed by atoms with Gasteiger partial charge in [-0.15, -0.1) is 0 Å². The van der Waals surface area contributed by atoms with Crippen molar-refractivity contribution in [3.05, 3.63) is 0 Å². The van der Waals surface area contributed by atoms with Crippen molar-refractivity contribution in [2.24, 2.45) is 0 Å². The third kappa shape index (κ3) is 3.40. The van der Waals surface area contributed by atoms with E-state index < -0.39 is 10.2 Å². The molecule has 2 atom stereocenters. The van der Waals surface area contributed by atoms with E-state index in [-0.39, 0.29) is 12.1 Å². The molecule has 0 bridgehead atoms. The number of nitrogens with one attached hydrogen (secondary N) is 1. The lowest BCUT2D eigenvalue weighted by Gasteiger charge is -2.29. The molecular weight excluding hydrogens is 240 g/mol. The first-order valence-corrected chi connectivity index (χ1v) is 7.92. The monoisotopic (exact) mass is 262 g/mol. The molecule has 2 saturated heterocycles. The Bertz CT molecular complexity index is 333. The first-order chi connectivity index (χ1) is 8.09. The lowest BCUT2D eigenvalue weighted by molar-refractivity contribution is 0.0895. The van der Waals surface area contributed by atoms with Crippen molar-refractivity contribution < 1.29 is 13.2 Å². The summed E-state index contributed by atoms with van der Waals surface area (Å²) in [5.41, 5.74) is 0. The highest BCUT2D eigenvalue weighted by Crippen LogP contribution is 2.17. The Labute approximate surface area is 104 Å². The van der Waals surface area contributed by atoms with E-state index in [0.29, 0.717) is 13.1 Å². The molecule has 0 aromatic rings. The summed E-state index contributed by atoms with van der Waals surface area (Å²) in [6.07, 6.45) is 5.08. The molecule has 2 aliphatic rings. The van der Waals surface area contributed by atoms with Gasteiger partial charge in [0.15, 0.2) is 0 Å². The van der Waals surface area contributed by atoms with Crippen LogP contribution in [0.4, 0.5) is 0 Å². The smallest absolute Gasteiger partial charge is 0.279 e. The summed E-state index contributed by atoms with van der Waals surface area (Å²) in [4.78, 5) is 0. The van der Waals surface area contributed by atoms with Crippen LogP contribution in [-0.2, 0) is 14.9 Å². The number of hydrogen-bond donors (Lipinski definition) is 1. The van der Waals surface area contributed by atoms with E-state index in [9.17, 15) is 8.42 Å². The predicted molar refractivity (Wildman–Crippen MR) is 65.9 cm³/mol. The normalized spacial score (nSPS) is 29.4. The Balaban J connectivity index is 1.91. The van der Waals surface area contributed by atoms with Gasteiger partial charge in [-0.3, -0.25) is 0 Å². The van der Waals surface area contributed by atoms with Crippen LogP contribution >= 0.6 is 0 Å². The van der Waals surface area contributed by atoms with Gasteiger partial charge in [0, 0.05) is 25.7 Å². The topological polar surface area (TPSA) is 58.6 Å². The quantitative estimate of drug-likeness (QED) is 0.818. The number of piperidine rings is 1. The summed E-state index contributed by atoms with van der Waals surface area (Å²) in [5, 5.41) is 0. The second-order valence-electron chi connectivity index (χ2n) is 4.92. The van der Waals surface area contributed by atoms with Gasteiger partial charge in [-0.2, -0.15) is 17.4 Å². The first-order valence-electron chi connectivity index (χ1n) is 6.48. The molecule has 0 spiro atoms. The highest BCUT2D eigenvalue weighted by Gasteiger charge is 2.30. The van der Waals surface area contributed by atoms with Gasteiger partial charge in [-0.05, 0) is 32.6 Å². The molecule has 100 valence electrons. The molecule has 17 heavy (non-hydrogen) atoms. The van der Waals surface area contributed by atoms with Crippen LogP contribution in [0.2, 0.25) is 0 Å². The van der Waals surface area contributed by atoms with Crippen LogP contribution in [0, 0.1) is 0 Å². The molecular formula is C11H22N2O3S. The zero-order chi connectivity index (χ0) is 12.3. The third-order valence-corrected chi connectivity index (χ3v) is 5.23. The molecule has 5 nitrogen and oxygen atoms in total. The molecule has 0 aromatic heterocycles. The van der Waals surface area contributed by atoms with E-state index in [4.69, 9.17) is 4.74 Å². The largest absolute Gasteiger partial charge is 0.377 e. The SMILES string of the molecule is CC(NS(=O)(=O)N1CCCCC1)C1CCCO1. The summed E-state index contributed by atoms with van der Waals surface area (Å²) in [6.45, 7) is 3.93. The van der Waals surface area contributed by atoms with Crippen LogP contribution in [0.5, 0.6) is 0 Å². The van der Waals surface area contributed by atoms with Crippen molar-refractivity contribution in [1.82, 2.24) is 9.03 Å². The van der Waals surface area contributed by atoms with Crippen LogP contribution in [-0.4, -0.2) is 44.6 Å². The molecule has 0 radical (unpaired) electrons. The highest BCUT2D eigenvalue weighted by atomic mass is 32.2. The van der Waals surface area contributed by atoms with Gasteiger partial charge in [-0.1, -0.05) is 6.42 Å². The summed E-state index contributed by atoms with van der Waals surface area (Å²) >= 11 is 0. The molecule has 0 aromatic carbocycles. The molecule has 2 unspecified atom stereocenters. The fourth-order valence-electron chi connectivity index (χ4n) is 2.49. The Hall–Kier alpha value is -0.170. The minimum absolute atomic E-state index is 0.0366. The molecule has 0 saturated carbocycles. The molecule has 1 N–H and O–H groups in total. The average Bonchev–Trinajstić information content (AvgIpc) is 2.83. The van der Waals surface area contributed by atoms with Crippen LogP contribution in [0.25, 0.3) is 0 Å². The van der Waals surface area contributed by atoms with Crippen molar-refractivity contribution in [2.75, 3.05) is 19.7 Å². The molecule has 6 heteroatoms. The fraction of sp³-hybridized carbons (Fsp3) is 1.00. The van der Waals surface area contributed by atoms with Gasteiger partial charge in [0.05, 0.1) is 6.10 Å². The van der Waals surface area contributed by atoms with Gasteiger partial charge >= 0.3 is 0 Å². The molecule has 0 aliphatic carbocycles. The van der Waals surface area contributed by atoms with E-state index in [0.717, 1.165) is 38.7 Å². The highest BCUT2D eigenvalue weighted by molar-refractivity contribution is 7.87. The number of hydrogen-bond acceptors (Lipinski definition) is 3. The molecule has 2 heterocycles. The van der Waals surface area contributed by atoms with Crippen molar-refractivity contribution in [1.29, 1.82) is 0 Å². The van der Waals surface area contributed by atoms with Crippen LogP contribution in [0.3, 0.4) is 0 Å². The zero-order valence-corrected chi connectivity index (χ0v) is 11.2. The van der Waals surface area contributed by atoms with Crippen molar-refractivity contribution in [3.8, 4) is 0 Å². The van der Waals surface area contributed by atoms with E-state index >= 15 is 0 Å². The molecule has 2 aliphatic heterocycles. The third-order valence-electron chi connectivity index (χ3n) is 3.51. The number of nitrogens with zero attached hydrogens (tertiary/aromatic N) is 1. The molecule has 0 amide bonds. The summed E-state index contributed by atoms with van der Waals surface area (Å²) in [5.74, 6) is 0. The van der Waals surface area contributed by atoms with E-state index in [2.05, 4.69) is 4.72 Å². The van der Waals surface area contributed by atoms with Gasteiger partial charge in [0.25, 0.3) is 10.2 Å². The lowest BCUT2D eigenvalue weighted by Crippen LogP contribution is -2.49. The lowest BCUT2D eigenvalue weighted by atomic mass is 10.1. The van der Waals surface area contributed by atoms with Gasteiger partial charge in [-0.25, -0.2) is 0 Å². The number of rotatable bonds is 4. The van der Waals surface area contributed by atoms with Gasteiger partial charge < -0.3 is 4.74 Å². The Kier molecular flexibility index (Phi) is 4.41. The zero-order valence-electron chi connectivity index (χ0n) is 10.4. The second-order valence-corrected chi connectivity index (χ2v) is 6.62. The molecule has 2 rings (SSSR count). The van der Waals surface area contributed by atoms with Crippen molar-refractivity contribution in [2.45, 2.75) is 51.2 Å². The standard InChI is InChI=1S/C11H22N2O3S/c1-10(11-6-5-9-16-11)12-17(14,15)13-7-3-2-4-8-13/h10-12H,2-9H2,1H3. The van der Waals surface area contributed by atoms with Gasteiger partial charge in [0.2, 0.25) is 0 Å². The van der Waals surface area contributed by atoms with E-state index in [1.54, 1.807) is 4.31 Å². The average molecular weight is 262 g/mol. The van der Waals surface area contributed by atoms with Gasteiger partial charge in [0.1, 0.15) is 0 Å². The maximum absolute atomic E-state index is 12.1. The Morgan fingerprint density at radius 2 is 1.94 bits per heavy atom. The maximum atomic E-state index is 12.1. The van der Waals surface area contributed by atoms with E-state index in [1.807, 2.05) is 6.92 Å². The fourth-order valence-corrected chi connectivity index (χ4v) is 4.00. The first kappa shape index (κ1) is 13.3. The number of ether oxygens (including phenoxy) is 1. The summed E-state index contributed by atoms with van der Waals surface area (Å²) in [6, 6.07) is -0.135. The predicted octanol–water partition coefficient (Wildman–Crippen LogP) is 0.874. The van der Waals surface area contributed by atoms with Crippen LogP contribution in [0.15, 0.2) is 0 Å². The van der Waals surface area contributed by atoms with Crippen molar-refractivity contribution >= 4 is 10.2 Å². The Morgan fingerprint density at radius 1 is 1.24 bits per heavy atom. The summed E-state index contributed by atoms with van der Waals surface area (Å²) < 4.78 is 34.0.